The summed E-state index contributed by atoms with van der Waals surface area (Å²) in [6.07, 6.45) is 3.29. The molecule has 8 nitrogen and oxygen atoms in total. The molecule has 0 bridgehead atoms. The molecule has 0 aliphatic heterocycles. The van der Waals surface area contributed by atoms with Gasteiger partial charge in [0.2, 0.25) is 0 Å². The summed E-state index contributed by atoms with van der Waals surface area (Å²) in [7, 11) is 0. The van der Waals surface area contributed by atoms with Gasteiger partial charge in [0.1, 0.15) is 11.0 Å². The van der Waals surface area contributed by atoms with Crippen molar-refractivity contribution in [3.63, 3.8) is 0 Å². The normalized spacial score (nSPS) is 10.6. The molecule has 6 aromatic carbocycles. The molecule has 1 radical (unpaired) electrons. The third kappa shape index (κ3) is 6.89. The van der Waals surface area contributed by atoms with Crippen LogP contribution in [0.25, 0.3) is 43.4 Å². The SMILES string of the molecule is O=C(Oc1cccc2cccnc12)c1cc([O-])c2ccccc2c1.O=C(Oc1cccc2cccnc12)c1cc([O-])c2ccccc2c1.[Cu+2]. The molecule has 8 rings (SSSR count). The van der Waals surface area contributed by atoms with Crippen LogP contribution in [0.5, 0.6) is 23.0 Å². The number of benzene rings is 6. The molecule has 0 saturated heterocycles. The summed E-state index contributed by atoms with van der Waals surface area (Å²) in [5.74, 6) is -0.795. The Balaban J connectivity index is 0.000000167. The van der Waals surface area contributed by atoms with Crippen molar-refractivity contribution in [3.8, 4) is 23.0 Å². The fraction of sp³-hybridized carbons (Fsp3) is 0. The minimum absolute atomic E-state index is 0. The van der Waals surface area contributed by atoms with Crippen LogP contribution in [0.1, 0.15) is 20.7 Å². The van der Waals surface area contributed by atoms with Crippen LogP contribution in [-0.4, -0.2) is 21.9 Å². The second-order valence-electron chi connectivity index (χ2n) is 10.8. The molecule has 0 N–H and O–H groups in total. The van der Waals surface area contributed by atoms with Crippen LogP contribution in [0.2, 0.25) is 0 Å². The number of carbonyl (C=O) groups excluding carboxylic acids is 2. The standard InChI is InChI=1S/2C20H13NO3.Cu/c2*22-17-12-15(11-14-5-1-2-8-16(14)17)20(23)24-18-9-3-6-13-7-4-10-21-19(13)18;/h2*1-12,22H;/q;;+2/p-2. The maximum atomic E-state index is 12.5. The van der Waals surface area contributed by atoms with Crippen molar-refractivity contribution in [3.05, 3.63) is 157 Å². The van der Waals surface area contributed by atoms with Gasteiger partial charge in [-0.2, -0.15) is 0 Å². The molecule has 0 saturated carbocycles. The number of pyridine rings is 2. The molecule has 0 fully saturated rings. The predicted octanol–water partition coefficient (Wildman–Crippen LogP) is 7.36. The van der Waals surface area contributed by atoms with Gasteiger partial charge in [-0.05, 0) is 57.9 Å². The summed E-state index contributed by atoms with van der Waals surface area (Å²) in [5, 5.41) is 28.7. The van der Waals surface area contributed by atoms with E-state index in [4.69, 9.17) is 9.47 Å². The van der Waals surface area contributed by atoms with Crippen molar-refractivity contribution in [2.45, 2.75) is 0 Å². The Hall–Kier alpha value is -6.28. The van der Waals surface area contributed by atoms with E-state index in [-0.39, 0.29) is 39.7 Å². The number of carbonyl (C=O) groups is 2. The van der Waals surface area contributed by atoms with E-state index in [2.05, 4.69) is 9.97 Å². The van der Waals surface area contributed by atoms with Crippen LogP contribution >= 0.6 is 0 Å². The molecule has 0 atom stereocenters. The van der Waals surface area contributed by atoms with E-state index in [1.807, 2.05) is 48.5 Å². The zero-order valence-corrected chi connectivity index (χ0v) is 26.4. The minimum Gasteiger partial charge on any atom is -0.872 e. The van der Waals surface area contributed by atoms with Crippen LogP contribution < -0.4 is 19.7 Å². The largest absolute Gasteiger partial charge is 2.00 e. The van der Waals surface area contributed by atoms with Gasteiger partial charge < -0.3 is 19.7 Å². The second-order valence-corrected chi connectivity index (χ2v) is 10.8. The van der Waals surface area contributed by atoms with Crippen molar-refractivity contribution in [2.24, 2.45) is 0 Å². The van der Waals surface area contributed by atoms with Crippen molar-refractivity contribution < 1.29 is 46.3 Å². The molecule has 9 heteroatoms. The Bertz CT molecular complexity index is 2320. The number of rotatable bonds is 4. The molecule has 0 spiro atoms. The van der Waals surface area contributed by atoms with Crippen LogP contribution in [0.15, 0.2) is 146 Å². The summed E-state index contributed by atoms with van der Waals surface area (Å²) in [5.41, 5.74) is 1.67. The monoisotopic (exact) mass is 691 g/mol. The Morgan fingerprint density at radius 2 is 0.857 bits per heavy atom. The fourth-order valence-electron chi connectivity index (χ4n) is 5.42. The van der Waals surface area contributed by atoms with Crippen LogP contribution in [0, 0.1) is 0 Å². The number of esters is 2. The van der Waals surface area contributed by atoms with Crippen molar-refractivity contribution >= 4 is 55.3 Å². The first-order valence-electron chi connectivity index (χ1n) is 15.0. The Labute approximate surface area is 290 Å². The molecule has 0 amide bonds. The zero-order chi connectivity index (χ0) is 33.0. The van der Waals surface area contributed by atoms with Gasteiger partial charge in [0.05, 0.1) is 11.1 Å². The van der Waals surface area contributed by atoms with Gasteiger partial charge >= 0.3 is 29.0 Å². The Morgan fingerprint density at radius 1 is 0.469 bits per heavy atom. The topological polar surface area (TPSA) is 124 Å². The molecule has 2 aromatic heterocycles. The van der Waals surface area contributed by atoms with E-state index >= 15 is 0 Å². The van der Waals surface area contributed by atoms with Crippen molar-refractivity contribution in [1.29, 1.82) is 0 Å². The van der Waals surface area contributed by atoms with Gasteiger partial charge in [0.25, 0.3) is 0 Å². The predicted molar refractivity (Wildman–Crippen MR) is 180 cm³/mol. The number of fused-ring (bicyclic) bond motifs is 4. The number of para-hydroxylation sites is 2. The van der Waals surface area contributed by atoms with Crippen LogP contribution in [0.4, 0.5) is 0 Å². The van der Waals surface area contributed by atoms with Crippen LogP contribution in [0.3, 0.4) is 0 Å². The fourth-order valence-corrected chi connectivity index (χ4v) is 5.42. The van der Waals surface area contributed by atoms with Crippen LogP contribution in [-0.2, 0) is 17.1 Å². The third-order valence-electron chi connectivity index (χ3n) is 7.72. The average Bonchev–Trinajstić information content (AvgIpc) is 3.12. The molecule has 2 heterocycles. The molecule has 8 aromatic rings. The summed E-state index contributed by atoms with van der Waals surface area (Å²) < 4.78 is 11.0. The minimum atomic E-state index is -0.573. The van der Waals surface area contributed by atoms with E-state index in [0.29, 0.717) is 44.1 Å². The van der Waals surface area contributed by atoms with Gasteiger partial charge in [0.15, 0.2) is 11.5 Å². The van der Waals surface area contributed by atoms with E-state index < -0.39 is 11.9 Å². The molecule has 0 aliphatic carbocycles. The quantitative estimate of drug-likeness (QED) is 0.107. The molecular weight excluding hydrogens is 668 g/mol. The number of nitrogens with zero attached hydrogens (tertiary/aromatic N) is 2. The smallest absolute Gasteiger partial charge is 0.872 e. The van der Waals surface area contributed by atoms with E-state index in [1.54, 1.807) is 85.2 Å². The first-order valence-corrected chi connectivity index (χ1v) is 15.0. The third-order valence-corrected chi connectivity index (χ3v) is 7.72. The number of hydrogen-bond acceptors (Lipinski definition) is 8. The van der Waals surface area contributed by atoms with E-state index in [0.717, 1.165) is 10.8 Å². The zero-order valence-electron chi connectivity index (χ0n) is 25.5. The van der Waals surface area contributed by atoms with Gasteiger partial charge in [-0.1, -0.05) is 97.1 Å². The first kappa shape index (κ1) is 32.7. The molecular formula is C40H24CuN2O6. The second kappa shape index (κ2) is 14.2. The summed E-state index contributed by atoms with van der Waals surface area (Å²) >= 11 is 0. The number of ether oxygens (including phenoxy) is 2. The van der Waals surface area contributed by atoms with E-state index in [9.17, 15) is 19.8 Å². The molecule has 0 unspecified atom stereocenters. The summed E-state index contributed by atoms with van der Waals surface area (Å²) in [6, 6.07) is 38.4. The summed E-state index contributed by atoms with van der Waals surface area (Å²) in [4.78, 5) is 33.4. The average molecular weight is 692 g/mol. The Morgan fingerprint density at radius 3 is 1.31 bits per heavy atom. The van der Waals surface area contributed by atoms with Crippen molar-refractivity contribution in [2.75, 3.05) is 0 Å². The summed E-state index contributed by atoms with van der Waals surface area (Å²) in [6.45, 7) is 0. The van der Waals surface area contributed by atoms with E-state index in [1.165, 1.54) is 12.1 Å². The first-order chi connectivity index (χ1) is 23.4. The maximum Gasteiger partial charge on any atom is 2.00 e. The number of hydrogen-bond donors (Lipinski definition) is 0. The van der Waals surface area contributed by atoms with Gasteiger partial charge in [-0.3, -0.25) is 9.97 Å². The van der Waals surface area contributed by atoms with Gasteiger partial charge in [-0.25, -0.2) is 9.59 Å². The van der Waals surface area contributed by atoms with Gasteiger partial charge in [-0.15, -0.1) is 11.5 Å². The molecule has 49 heavy (non-hydrogen) atoms. The molecule has 241 valence electrons. The molecule has 0 aliphatic rings. The maximum absolute atomic E-state index is 12.5. The Kier molecular flexibility index (Phi) is 9.48. The van der Waals surface area contributed by atoms with Gasteiger partial charge in [0, 0.05) is 23.2 Å². The number of aromatic nitrogens is 2. The van der Waals surface area contributed by atoms with Crippen molar-refractivity contribution in [1.82, 2.24) is 9.97 Å².